The van der Waals surface area contributed by atoms with Gasteiger partial charge in [0.15, 0.2) is 5.65 Å². The van der Waals surface area contributed by atoms with E-state index < -0.39 is 0 Å². The van der Waals surface area contributed by atoms with Gasteiger partial charge in [-0.1, -0.05) is 49.7 Å². The average Bonchev–Trinajstić information content (AvgIpc) is 2.75. The summed E-state index contributed by atoms with van der Waals surface area (Å²) in [5.41, 5.74) is 9.97. The van der Waals surface area contributed by atoms with Gasteiger partial charge in [-0.2, -0.15) is 0 Å². The van der Waals surface area contributed by atoms with Crippen molar-refractivity contribution < 1.29 is 0 Å². The maximum absolute atomic E-state index is 6.00. The molecule has 0 amide bonds. The van der Waals surface area contributed by atoms with Crippen LogP contribution in [0.5, 0.6) is 0 Å². The van der Waals surface area contributed by atoms with E-state index in [9.17, 15) is 0 Å². The molecule has 2 aromatic heterocycles. The van der Waals surface area contributed by atoms with Gasteiger partial charge in [0.05, 0.1) is 11.6 Å². The number of fused-ring (bicyclic) bond motifs is 1. The van der Waals surface area contributed by atoms with E-state index in [0.717, 1.165) is 11.2 Å². The lowest BCUT2D eigenvalue weighted by Crippen LogP contribution is -2.05. The lowest BCUT2D eigenvalue weighted by Gasteiger charge is -2.09. The molecule has 0 radical (unpaired) electrons. The molecule has 0 fully saturated rings. The molecular weight excluding hydrogens is 284 g/mol. The zero-order chi connectivity index (χ0) is 15.0. The van der Waals surface area contributed by atoms with Crippen LogP contribution >= 0.6 is 11.6 Å². The van der Waals surface area contributed by atoms with Crippen molar-refractivity contribution in [2.24, 2.45) is 0 Å². The first-order chi connectivity index (χ1) is 10.0. The second-order valence-electron chi connectivity index (χ2n) is 5.45. The first kappa shape index (κ1) is 13.9. The highest BCUT2D eigenvalue weighted by Gasteiger charge is 2.10. The summed E-state index contributed by atoms with van der Waals surface area (Å²) in [5.74, 6) is 0.981. The first-order valence-electron chi connectivity index (χ1n) is 6.90. The largest absolute Gasteiger partial charge is 0.369 e. The van der Waals surface area contributed by atoms with Crippen LogP contribution in [0.15, 0.2) is 36.5 Å². The summed E-state index contributed by atoms with van der Waals surface area (Å²) in [6.45, 7) is 5.02. The van der Waals surface area contributed by atoms with Gasteiger partial charge in [0.2, 0.25) is 5.95 Å². The molecule has 108 valence electrons. The molecule has 3 rings (SSSR count). The van der Waals surface area contributed by atoms with Crippen molar-refractivity contribution in [3.8, 4) is 0 Å². The van der Waals surface area contributed by atoms with Crippen LogP contribution in [0, 0.1) is 0 Å². The molecule has 5 heteroatoms. The van der Waals surface area contributed by atoms with Crippen molar-refractivity contribution >= 4 is 28.7 Å². The van der Waals surface area contributed by atoms with Crippen LogP contribution in [-0.4, -0.2) is 14.5 Å². The van der Waals surface area contributed by atoms with Crippen LogP contribution in [0.4, 0.5) is 5.95 Å². The minimum absolute atomic E-state index is 0.452. The van der Waals surface area contributed by atoms with Gasteiger partial charge in [-0.05, 0) is 23.1 Å². The lowest BCUT2D eigenvalue weighted by molar-refractivity contribution is 0.821. The normalized spacial score (nSPS) is 11.4. The van der Waals surface area contributed by atoms with Gasteiger partial charge in [0, 0.05) is 6.20 Å². The maximum Gasteiger partial charge on any atom is 0.202 e. The molecule has 2 N–H and O–H groups in total. The summed E-state index contributed by atoms with van der Waals surface area (Å²) in [4.78, 5) is 8.64. The zero-order valence-corrected chi connectivity index (χ0v) is 12.8. The van der Waals surface area contributed by atoms with Gasteiger partial charge in [-0.25, -0.2) is 9.97 Å². The fraction of sp³-hybridized carbons (Fsp3) is 0.250. The van der Waals surface area contributed by atoms with Crippen LogP contribution < -0.4 is 5.73 Å². The molecule has 21 heavy (non-hydrogen) atoms. The molecule has 0 aliphatic carbocycles. The summed E-state index contributed by atoms with van der Waals surface area (Å²) >= 11 is 5.93. The van der Waals surface area contributed by atoms with Gasteiger partial charge < -0.3 is 5.73 Å². The average molecular weight is 301 g/mol. The van der Waals surface area contributed by atoms with Gasteiger partial charge in [-0.15, -0.1) is 0 Å². The summed E-state index contributed by atoms with van der Waals surface area (Å²) in [5, 5.41) is 0.563. The third kappa shape index (κ3) is 2.72. The van der Waals surface area contributed by atoms with E-state index >= 15 is 0 Å². The third-order valence-corrected chi connectivity index (χ3v) is 3.77. The van der Waals surface area contributed by atoms with E-state index in [1.54, 1.807) is 12.3 Å². The predicted molar refractivity (Wildman–Crippen MR) is 86.6 cm³/mol. The molecule has 0 saturated heterocycles. The number of halogens is 1. The smallest absolute Gasteiger partial charge is 0.202 e. The molecule has 0 aliphatic rings. The van der Waals surface area contributed by atoms with E-state index in [0.29, 0.717) is 23.4 Å². The Morgan fingerprint density at radius 1 is 1.24 bits per heavy atom. The number of nitrogens with zero attached hydrogens (tertiary/aromatic N) is 3. The van der Waals surface area contributed by atoms with Gasteiger partial charge in [0.1, 0.15) is 5.52 Å². The van der Waals surface area contributed by atoms with E-state index in [4.69, 9.17) is 17.3 Å². The molecule has 0 bridgehead atoms. The molecule has 4 nitrogen and oxygen atoms in total. The summed E-state index contributed by atoms with van der Waals surface area (Å²) in [6.07, 6.45) is 1.61. The maximum atomic E-state index is 6.00. The Balaban J connectivity index is 1.96. The number of pyridine rings is 1. The monoisotopic (exact) mass is 300 g/mol. The number of imidazole rings is 1. The Hall–Kier alpha value is -2.07. The highest BCUT2D eigenvalue weighted by molar-refractivity contribution is 6.31. The number of nitrogens with two attached hydrogens (primary N) is 1. The third-order valence-electron chi connectivity index (χ3n) is 3.57. The molecule has 2 heterocycles. The fourth-order valence-electron chi connectivity index (χ4n) is 2.35. The van der Waals surface area contributed by atoms with Gasteiger partial charge >= 0.3 is 0 Å². The Labute approximate surface area is 128 Å². The standard InChI is InChI=1S/C16H17ClN4/c1-10(2)12-5-3-11(4-6-12)9-21-15-14(20-16(21)18)7-13(17)8-19-15/h3-8,10H,9H2,1-2H3,(H2,18,20). The number of anilines is 1. The highest BCUT2D eigenvalue weighted by atomic mass is 35.5. The Bertz CT molecular complexity index is 775. The summed E-state index contributed by atoms with van der Waals surface area (Å²) in [7, 11) is 0. The SMILES string of the molecule is CC(C)c1ccc(Cn2c(N)nc3cc(Cl)cnc32)cc1. The summed E-state index contributed by atoms with van der Waals surface area (Å²) < 4.78 is 1.90. The molecule has 0 aliphatic heterocycles. The Morgan fingerprint density at radius 2 is 1.95 bits per heavy atom. The van der Waals surface area contributed by atoms with Crippen LogP contribution in [0.2, 0.25) is 5.02 Å². The number of nitrogen functional groups attached to an aromatic ring is 1. The minimum atomic E-state index is 0.452. The van der Waals surface area contributed by atoms with Crippen LogP contribution in [0.25, 0.3) is 11.2 Å². The fourth-order valence-corrected chi connectivity index (χ4v) is 2.50. The number of aromatic nitrogens is 3. The number of rotatable bonds is 3. The van der Waals surface area contributed by atoms with Crippen molar-refractivity contribution in [2.75, 3.05) is 5.73 Å². The Kier molecular flexibility index (Phi) is 3.55. The molecule has 0 spiro atoms. The second kappa shape index (κ2) is 5.37. The van der Waals surface area contributed by atoms with E-state index in [1.165, 1.54) is 11.1 Å². The van der Waals surface area contributed by atoms with Crippen molar-refractivity contribution in [1.82, 2.24) is 14.5 Å². The number of benzene rings is 1. The first-order valence-corrected chi connectivity index (χ1v) is 7.28. The second-order valence-corrected chi connectivity index (χ2v) is 5.89. The molecule has 1 aromatic carbocycles. The molecular formula is C16H17ClN4. The van der Waals surface area contributed by atoms with Gasteiger partial charge in [-0.3, -0.25) is 4.57 Å². The minimum Gasteiger partial charge on any atom is -0.369 e. The molecule has 0 atom stereocenters. The van der Waals surface area contributed by atoms with Crippen molar-refractivity contribution in [2.45, 2.75) is 26.3 Å². The molecule has 0 unspecified atom stereocenters. The lowest BCUT2D eigenvalue weighted by atomic mass is 10.0. The van der Waals surface area contributed by atoms with E-state index in [-0.39, 0.29) is 0 Å². The highest BCUT2D eigenvalue weighted by Crippen LogP contribution is 2.21. The zero-order valence-electron chi connectivity index (χ0n) is 12.0. The number of hydrogen-bond acceptors (Lipinski definition) is 3. The van der Waals surface area contributed by atoms with Crippen molar-refractivity contribution in [3.63, 3.8) is 0 Å². The predicted octanol–water partition coefficient (Wildman–Crippen LogP) is 3.84. The number of hydrogen-bond donors (Lipinski definition) is 1. The topological polar surface area (TPSA) is 56.7 Å². The van der Waals surface area contributed by atoms with Crippen LogP contribution in [0.3, 0.4) is 0 Å². The Morgan fingerprint density at radius 3 is 2.62 bits per heavy atom. The summed E-state index contributed by atoms with van der Waals surface area (Å²) in [6, 6.07) is 10.3. The quantitative estimate of drug-likeness (QED) is 0.799. The van der Waals surface area contributed by atoms with Crippen LogP contribution in [-0.2, 0) is 6.54 Å². The molecule has 0 saturated carbocycles. The van der Waals surface area contributed by atoms with E-state index in [1.807, 2.05) is 4.57 Å². The van der Waals surface area contributed by atoms with E-state index in [2.05, 4.69) is 48.1 Å². The van der Waals surface area contributed by atoms with Crippen molar-refractivity contribution in [3.05, 3.63) is 52.7 Å². The van der Waals surface area contributed by atoms with Crippen LogP contribution in [0.1, 0.15) is 30.9 Å². The van der Waals surface area contributed by atoms with Crippen molar-refractivity contribution in [1.29, 1.82) is 0 Å². The molecule has 3 aromatic rings. The van der Waals surface area contributed by atoms with Gasteiger partial charge in [0.25, 0.3) is 0 Å².